The highest BCUT2D eigenvalue weighted by Crippen LogP contribution is 2.41. The van der Waals surface area contributed by atoms with E-state index in [4.69, 9.17) is 9.47 Å². The number of aldehydes is 1. The van der Waals surface area contributed by atoms with E-state index in [1.54, 1.807) is 6.08 Å². The Morgan fingerprint density at radius 1 is 1.26 bits per heavy atom. The van der Waals surface area contributed by atoms with Crippen LogP contribution in [0.15, 0.2) is 35.6 Å². The minimum absolute atomic E-state index is 0.0310. The lowest BCUT2D eigenvalue weighted by Crippen LogP contribution is -2.36. The van der Waals surface area contributed by atoms with Gasteiger partial charge in [-0.15, -0.1) is 0 Å². The fourth-order valence-corrected chi connectivity index (χ4v) is 3.09. The van der Waals surface area contributed by atoms with Crippen molar-refractivity contribution in [2.75, 3.05) is 7.11 Å². The number of carbonyl (C=O) groups excluding carboxylic acids is 2. The largest absolute Gasteiger partial charge is 0.493 e. The minimum Gasteiger partial charge on any atom is -0.493 e. The van der Waals surface area contributed by atoms with Crippen LogP contribution in [-0.2, 0) is 19.1 Å². The molecule has 0 amide bonds. The average molecular weight is 260 g/mol. The van der Waals surface area contributed by atoms with Gasteiger partial charge in [-0.1, -0.05) is 12.2 Å². The number of hydrogen-bond acceptors (Lipinski definition) is 4. The van der Waals surface area contributed by atoms with Crippen molar-refractivity contribution < 1.29 is 19.1 Å². The summed E-state index contributed by atoms with van der Waals surface area (Å²) in [5.41, 5.74) is 0.373. The molecule has 0 aromatic rings. The summed E-state index contributed by atoms with van der Waals surface area (Å²) in [4.78, 5) is 23.2. The molecule has 100 valence electrons. The van der Waals surface area contributed by atoms with E-state index >= 15 is 0 Å². The molecule has 0 heterocycles. The van der Waals surface area contributed by atoms with Crippen LogP contribution in [0.3, 0.4) is 0 Å². The maximum absolute atomic E-state index is 12.2. The lowest BCUT2D eigenvalue weighted by Gasteiger charge is -2.27. The van der Waals surface area contributed by atoms with Crippen LogP contribution in [0, 0.1) is 11.8 Å². The van der Waals surface area contributed by atoms with E-state index in [-0.39, 0.29) is 17.6 Å². The number of methoxy groups -OCH3 is 1. The zero-order chi connectivity index (χ0) is 13.4. The van der Waals surface area contributed by atoms with Crippen LogP contribution in [0.25, 0.3) is 0 Å². The molecule has 3 rings (SSSR count). The van der Waals surface area contributed by atoms with Crippen molar-refractivity contribution >= 4 is 12.1 Å². The second-order valence-corrected chi connectivity index (χ2v) is 5.22. The van der Waals surface area contributed by atoms with Crippen LogP contribution in [0.2, 0.25) is 0 Å². The van der Waals surface area contributed by atoms with Gasteiger partial charge in [-0.25, -0.2) is 0 Å². The van der Waals surface area contributed by atoms with Crippen LogP contribution < -0.4 is 0 Å². The first kappa shape index (κ1) is 12.4. The van der Waals surface area contributed by atoms with Gasteiger partial charge >= 0.3 is 0 Å². The van der Waals surface area contributed by atoms with Gasteiger partial charge in [0.2, 0.25) is 5.78 Å². The Balaban J connectivity index is 1.77. The van der Waals surface area contributed by atoms with Gasteiger partial charge in [-0.3, -0.25) is 9.59 Å². The molecule has 0 aromatic carbocycles. The molecular weight excluding hydrogens is 244 g/mol. The molecule has 3 aliphatic carbocycles. The van der Waals surface area contributed by atoms with E-state index in [1.807, 2.05) is 0 Å². The summed E-state index contributed by atoms with van der Waals surface area (Å²) < 4.78 is 10.9. The van der Waals surface area contributed by atoms with Crippen molar-refractivity contribution in [3.8, 4) is 0 Å². The van der Waals surface area contributed by atoms with E-state index in [0.29, 0.717) is 23.7 Å². The van der Waals surface area contributed by atoms with Crippen LogP contribution in [0.4, 0.5) is 0 Å². The van der Waals surface area contributed by atoms with Gasteiger partial charge in [0.25, 0.3) is 0 Å². The fraction of sp³-hybridized carbons (Fsp3) is 0.467. The Bertz CT molecular complexity index is 500. The van der Waals surface area contributed by atoms with E-state index < -0.39 is 6.10 Å². The maximum Gasteiger partial charge on any atom is 0.230 e. The summed E-state index contributed by atoms with van der Waals surface area (Å²) in [6, 6.07) is 0. The second-order valence-electron chi connectivity index (χ2n) is 5.22. The molecule has 0 aliphatic heterocycles. The van der Waals surface area contributed by atoms with Gasteiger partial charge in [0.1, 0.15) is 6.29 Å². The van der Waals surface area contributed by atoms with Crippen molar-refractivity contribution in [3.63, 3.8) is 0 Å². The second kappa shape index (κ2) is 4.78. The molecule has 1 fully saturated rings. The summed E-state index contributed by atoms with van der Waals surface area (Å²) in [5.74, 6) is 0.922. The van der Waals surface area contributed by atoms with Crippen LogP contribution in [-0.4, -0.2) is 31.4 Å². The van der Waals surface area contributed by atoms with Gasteiger partial charge in [-0.2, -0.15) is 0 Å². The third-order valence-electron chi connectivity index (χ3n) is 4.10. The molecule has 4 atom stereocenters. The first-order chi connectivity index (χ1) is 9.22. The summed E-state index contributed by atoms with van der Waals surface area (Å²) in [7, 11) is 1.45. The fourth-order valence-electron chi connectivity index (χ4n) is 3.09. The summed E-state index contributed by atoms with van der Waals surface area (Å²) in [5, 5.41) is 0. The topological polar surface area (TPSA) is 52.6 Å². The molecule has 0 aromatic heterocycles. The van der Waals surface area contributed by atoms with Gasteiger partial charge in [0.05, 0.1) is 13.2 Å². The molecule has 0 N–H and O–H groups in total. The number of ketones is 1. The number of ether oxygens (including phenoxy) is 2. The highest BCUT2D eigenvalue weighted by Gasteiger charge is 2.40. The monoisotopic (exact) mass is 260 g/mol. The first-order valence-corrected chi connectivity index (χ1v) is 6.52. The van der Waals surface area contributed by atoms with Crippen LogP contribution in [0.5, 0.6) is 0 Å². The Morgan fingerprint density at radius 2 is 2.11 bits per heavy atom. The number of carbonyl (C=O) groups is 2. The van der Waals surface area contributed by atoms with E-state index in [1.165, 1.54) is 13.2 Å². The van der Waals surface area contributed by atoms with E-state index in [0.717, 1.165) is 12.8 Å². The SMILES string of the molecule is COC1=CC=C(C=O)C(OC2CC3C=CC2C3)C1=O. The lowest BCUT2D eigenvalue weighted by molar-refractivity contribution is -0.133. The van der Waals surface area contributed by atoms with Gasteiger partial charge in [-0.05, 0) is 30.9 Å². The van der Waals surface area contributed by atoms with Crippen molar-refractivity contribution in [2.24, 2.45) is 11.8 Å². The minimum atomic E-state index is -0.810. The van der Waals surface area contributed by atoms with E-state index in [9.17, 15) is 9.59 Å². The predicted octanol–water partition coefficient (Wildman–Crippen LogP) is 1.57. The molecule has 3 aliphatic rings. The normalized spacial score (nSPS) is 36.2. The van der Waals surface area contributed by atoms with E-state index in [2.05, 4.69) is 12.2 Å². The summed E-state index contributed by atoms with van der Waals surface area (Å²) in [6.07, 6.45) is 9.43. The zero-order valence-corrected chi connectivity index (χ0v) is 10.7. The summed E-state index contributed by atoms with van der Waals surface area (Å²) in [6.45, 7) is 0. The molecule has 4 heteroatoms. The molecule has 0 radical (unpaired) electrons. The average Bonchev–Trinajstić information content (AvgIpc) is 3.03. The predicted molar refractivity (Wildman–Crippen MR) is 68.3 cm³/mol. The number of fused-ring (bicyclic) bond motifs is 2. The van der Waals surface area contributed by atoms with Gasteiger partial charge < -0.3 is 9.47 Å². The lowest BCUT2D eigenvalue weighted by atomic mass is 9.98. The quantitative estimate of drug-likeness (QED) is 0.569. The smallest absolute Gasteiger partial charge is 0.230 e. The molecule has 1 saturated carbocycles. The Hall–Kier alpha value is -1.68. The number of rotatable bonds is 4. The Labute approximate surface area is 111 Å². The highest BCUT2D eigenvalue weighted by molar-refractivity contribution is 6.05. The zero-order valence-electron chi connectivity index (χ0n) is 10.7. The molecule has 4 nitrogen and oxygen atoms in total. The van der Waals surface area contributed by atoms with Crippen molar-refractivity contribution in [2.45, 2.75) is 25.0 Å². The van der Waals surface area contributed by atoms with Crippen molar-refractivity contribution in [1.82, 2.24) is 0 Å². The summed E-state index contributed by atoms with van der Waals surface area (Å²) >= 11 is 0. The number of allylic oxidation sites excluding steroid dienone is 3. The third-order valence-corrected chi connectivity index (χ3v) is 4.10. The first-order valence-electron chi connectivity index (χ1n) is 6.52. The molecule has 19 heavy (non-hydrogen) atoms. The molecule has 0 saturated heterocycles. The number of Topliss-reactive ketones (excluding diaryl/α,β-unsaturated/α-hetero) is 1. The maximum atomic E-state index is 12.2. The molecule has 0 spiro atoms. The molecule has 4 unspecified atom stereocenters. The third kappa shape index (κ3) is 2.06. The van der Waals surface area contributed by atoms with Gasteiger partial charge in [0.15, 0.2) is 11.9 Å². The highest BCUT2D eigenvalue weighted by atomic mass is 16.5. The Morgan fingerprint density at radius 3 is 2.68 bits per heavy atom. The van der Waals surface area contributed by atoms with Crippen molar-refractivity contribution in [1.29, 1.82) is 0 Å². The van der Waals surface area contributed by atoms with Crippen molar-refractivity contribution in [3.05, 3.63) is 35.6 Å². The Kier molecular flexibility index (Phi) is 3.11. The van der Waals surface area contributed by atoms with Crippen LogP contribution in [0.1, 0.15) is 12.8 Å². The number of hydrogen-bond donors (Lipinski definition) is 0. The van der Waals surface area contributed by atoms with Gasteiger partial charge in [0, 0.05) is 11.5 Å². The standard InChI is InChI=1S/C15H16O4/c1-18-12-5-4-11(8-16)15(14(12)17)19-13-7-9-2-3-10(13)6-9/h2-5,8-10,13,15H,6-7H2,1H3. The van der Waals surface area contributed by atoms with Crippen LogP contribution >= 0.6 is 0 Å². The molecule has 2 bridgehead atoms. The molecular formula is C15H16O4.